The Hall–Kier alpha value is -3.10. The molecule has 0 unspecified atom stereocenters. The number of likely N-dealkylation sites (N-methyl/N-ethyl adjacent to an activating group) is 1. The molecule has 0 saturated carbocycles. The van der Waals surface area contributed by atoms with Gasteiger partial charge in [-0.2, -0.15) is 0 Å². The summed E-state index contributed by atoms with van der Waals surface area (Å²) in [4.78, 5) is 39.3. The molecule has 3 atom stereocenters. The third-order valence-corrected chi connectivity index (χ3v) is 6.41. The van der Waals surface area contributed by atoms with Crippen LogP contribution in [0.15, 0.2) is 42.5 Å². The average Bonchev–Trinajstić information content (AvgIpc) is 2.82. The van der Waals surface area contributed by atoms with E-state index < -0.39 is 0 Å². The number of fused-ring (bicyclic) bond motifs is 2. The largest absolute Gasteiger partial charge is 0.490 e. The van der Waals surface area contributed by atoms with Crippen molar-refractivity contribution in [1.29, 1.82) is 0 Å². The number of halogens is 1. The van der Waals surface area contributed by atoms with Crippen molar-refractivity contribution in [3.63, 3.8) is 0 Å². The van der Waals surface area contributed by atoms with Crippen LogP contribution in [0.5, 0.6) is 5.75 Å². The summed E-state index contributed by atoms with van der Waals surface area (Å²) < 4.78 is 12.1. The molecule has 3 amide bonds. The molecule has 0 spiro atoms. The van der Waals surface area contributed by atoms with Crippen LogP contribution in [0.1, 0.15) is 40.0 Å². The number of hydrogen-bond donors (Lipinski definition) is 2. The summed E-state index contributed by atoms with van der Waals surface area (Å²) in [7, 11) is 3.34. The van der Waals surface area contributed by atoms with E-state index in [-0.39, 0.29) is 49.0 Å². The second kappa shape index (κ2) is 9.80. The SMILES string of the molecule is CNC(=O)C[C@@H]1CC[C@H]2[C@@H](COc3ccc(NC(=O)c4ccccc4Cl)cc3C(=O)N2C)O1. The molecule has 2 heterocycles. The lowest BCUT2D eigenvalue weighted by Crippen LogP contribution is -2.53. The van der Waals surface area contributed by atoms with E-state index in [1.165, 1.54) is 0 Å². The molecule has 4 rings (SSSR count). The molecule has 174 valence electrons. The van der Waals surface area contributed by atoms with Gasteiger partial charge < -0.3 is 25.0 Å². The summed E-state index contributed by atoms with van der Waals surface area (Å²) in [5.74, 6) is -0.248. The van der Waals surface area contributed by atoms with Gasteiger partial charge in [0.15, 0.2) is 0 Å². The van der Waals surface area contributed by atoms with Gasteiger partial charge in [0, 0.05) is 19.8 Å². The predicted molar refractivity (Wildman–Crippen MR) is 124 cm³/mol. The highest BCUT2D eigenvalue weighted by Gasteiger charge is 2.39. The van der Waals surface area contributed by atoms with Gasteiger partial charge in [0.1, 0.15) is 18.5 Å². The number of rotatable bonds is 4. The Morgan fingerprint density at radius 2 is 1.97 bits per heavy atom. The first-order chi connectivity index (χ1) is 15.9. The highest BCUT2D eigenvalue weighted by atomic mass is 35.5. The second-order valence-corrected chi connectivity index (χ2v) is 8.60. The molecule has 33 heavy (non-hydrogen) atoms. The van der Waals surface area contributed by atoms with Crippen LogP contribution in [0.25, 0.3) is 0 Å². The van der Waals surface area contributed by atoms with Crippen LogP contribution in [0.4, 0.5) is 5.69 Å². The summed E-state index contributed by atoms with van der Waals surface area (Å²) in [6, 6.07) is 11.5. The lowest BCUT2D eigenvalue weighted by molar-refractivity contribution is -0.133. The van der Waals surface area contributed by atoms with Crippen molar-refractivity contribution in [2.45, 2.75) is 37.5 Å². The van der Waals surface area contributed by atoms with Crippen LogP contribution >= 0.6 is 11.6 Å². The molecule has 0 aliphatic carbocycles. The molecule has 0 bridgehead atoms. The minimum atomic E-state index is -0.365. The number of carbonyl (C=O) groups is 3. The predicted octanol–water partition coefficient (Wildman–Crippen LogP) is 3.11. The summed E-state index contributed by atoms with van der Waals surface area (Å²) in [5.41, 5.74) is 1.17. The van der Waals surface area contributed by atoms with Crippen LogP contribution in [0.3, 0.4) is 0 Å². The van der Waals surface area contributed by atoms with Crippen molar-refractivity contribution in [2.24, 2.45) is 0 Å². The Morgan fingerprint density at radius 1 is 1.18 bits per heavy atom. The maximum atomic E-state index is 13.3. The van der Waals surface area contributed by atoms with Crippen LogP contribution in [0.2, 0.25) is 5.02 Å². The van der Waals surface area contributed by atoms with E-state index in [1.54, 1.807) is 61.5 Å². The lowest BCUT2D eigenvalue weighted by atomic mass is 9.94. The van der Waals surface area contributed by atoms with Gasteiger partial charge in [0.05, 0.1) is 34.7 Å². The van der Waals surface area contributed by atoms with Crippen LogP contribution in [-0.2, 0) is 9.53 Å². The molecular formula is C24H26ClN3O5. The van der Waals surface area contributed by atoms with Gasteiger partial charge in [0.2, 0.25) is 5.91 Å². The molecule has 8 nitrogen and oxygen atoms in total. The van der Waals surface area contributed by atoms with Crippen molar-refractivity contribution in [1.82, 2.24) is 10.2 Å². The number of nitrogens with one attached hydrogen (secondary N) is 2. The van der Waals surface area contributed by atoms with Crippen LogP contribution in [0, 0.1) is 0 Å². The summed E-state index contributed by atoms with van der Waals surface area (Å²) in [6.07, 6.45) is 1.11. The fourth-order valence-electron chi connectivity index (χ4n) is 4.26. The van der Waals surface area contributed by atoms with E-state index in [4.69, 9.17) is 21.1 Å². The molecule has 2 aromatic rings. The average molecular weight is 472 g/mol. The van der Waals surface area contributed by atoms with E-state index in [0.717, 1.165) is 0 Å². The Morgan fingerprint density at radius 3 is 2.73 bits per heavy atom. The van der Waals surface area contributed by atoms with Gasteiger partial charge in [-0.3, -0.25) is 14.4 Å². The summed E-state index contributed by atoms with van der Waals surface area (Å²) >= 11 is 6.12. The molecular weight excluding hydrogens is 446 g/mol. The van der Waals surface area contributed by atoms with E-state index in [1.807, 2.05) is 0 Å². The first kappa shape index (κ1) is 23.1. The number of ether oxygens (including phenoxy) is 2. The van der Waals surface area contributed by atoms with Crippen LogP contribution < -0.4 is 15.4 Å². The fourth-order valence-corrected chi connectivity index (χ4v) is 4.48. The minimum absolute atomic E-state index is 0.0774. The zero-order chi connectivity index (χ0) is 23.5. The Labute approximate surface area is 197 Å². The Bertz CT molecular complexity index is 1080. The topological polar surface area (TPSA) is 97.0 Å². The second-order valence-electron chi connectivity index (χ2n) is 8.19. The van der Waals surface area contributed by atoms with E-state index in [0.29, 0.717) is 40.4 Å². The van der Waals surface area contributed by atoms with E-state index in [9.17, 15) is 14.4 Å². The Balaban J connectivity index is 1.52. The van der Waals surface area contributed by atoms with Crippen molar-refractivity contribution < 1.29 is 23.9 Å². The molecule has 2 aliphatic heterocycles. The van der Waals surface area contributed by atoms with Crippen molar-refractivity contribution >= 4 is 35.0 Å². The molecule has 9 heteroatoms. The lowest BCUT2D eigenvalue weighted by Gasteiger charge is -2.42. The zero-order valence-corrected chi connectivity index (χ0v) is 19.2. The van der Waals surface area contributed by atoms with Gasteiger partial charge >= 0.3 is 0 Å². The maximum Gasteiger partial charge on any atom is 0.257 e. The first-order valence-corrected chi connectivity index (χ1v) is 11.2. The molecule has 2 aromatic carbocycles. The number of carbonyl (C=O) groups excluding carboxylic acids is 3. The maximum absolute atomic E-state index is 13.3. The van der Waals surface area contributed by atoms with E-state index >= 15 is 0 Å². The number of amides is 3. The first-order valence-electron chi connectivity index (χ1n) is 10.8. The standard InChI is InChI=1S/C24H26ClN3O5/c1-26-22(29)12-15-8-9-19-21(33-15)13-32-20-10-7-14(11-17(20)24(31)28(19)2)27-23(30)16-5-3-4-6-18(16)25/h3-7,10-11,15,19,21H,8-9,12-13H2,1-2H3,(H,26,29)(H,27,30)/t15-,19-,21+/m0/s1. The molecule has 1 saturated heterocycles. The van der Waals surface area contributed by atoms with Crippen LogP contribution in [-0.4, -0.2) is 61.6 Å². The minimum Gasteiger partial charge on any atom is -0.490 e. The Kier molecular flexibility index (Phi) is 6.85. The monoisotopic (exact) mass is 471 g/mol. The molecule has 1 fully saturated rings. The third kappa shape index (κ3) is 4.96. The smallest absolute Gasteiger partial charge is 0.257 e. The highest BCUT2D eigenvalue weighted by Crippen LogP contribution is 2.32. The number of hydrogen-bond acceptors (Lipinski definition) is 5. The molecule has 0 radical (unpaired) electrons. The van der Waals surface area contributed by atoms with Crippen molar-refractivity contribution in [3.05, 3.63) is 58.6 Å². The fraction of sp³-hybridized carbons (Fsp3) is 0.375. The molecule has 2 N–H and O–H groups in total. The van der Waals surface area contributed by atoms with Gasteiger partial charge in [-0.15, -0.1) is 0 Å². The number of benzene rings is 2. The zero-order valence-electron chi connectivity index (χ0n) is 18.5. The quantitative estimate of drug-likeness (QED) is 0.714. The van der Waals surface area contributed by atoms with E-state index in [2.05, 4.69) is 10.6 Å². The molecule has 0 aromatic heterocycles. The number of anilines is 1. The van der Waals surface area contributed by atoms with Gasteiger partial charge in [-0.1, -0.05) is 23.7 Å². The van der Waals surface area contributed by atoms with Gasteiger partial charge in [-0.25, -0.2) is 0 Å². The van der Waals surface area contributed by atoms with Crippen molar-refractivity contribution in [3.8, 4) is 5.75 Å². The van der Waals surface area contributed by atoms with Gasteiger partial charge in [0.25, 0.3) is 11.8 Å². The van der Waals surface area contributed by atoms with Gasteiger partial charge in [-0.05, 0) is 43.2 Å². The summed E-state index contributed by atoms with van der Waals surface area (Å²) in [5, 5.41) is 5.76. The molecule has 2 aliphatic rings. The summed E-state index contributed by atoms with van der Waals surface area (Å²) in [6.45, 7) is 0.255. The normalized spacial score (nSPS) is 22.2. The van der Waals surface area contributed by atoms with Crippen molar-refractivity contribution in [2.75, 3.05) is 26.0 Å². The highest BCUT2D eigenvalue weighted by molar-refractivity contribution is 6.34. The third-order valence-electron chi connectivity index (χ3n) is 6.08. The number of nitrogens with zero attached hydrogens (tertiary/aromatic N) is 1.